The van der Waals surface area contributed by atoms with E-state index in [9.17, 15) is 22.8 Å². The van der Waals surface area contributed by atoms with Gasteiger partial charge >= 0.3 is 12.1 Å². The quantitative estimate of drug-likeness (QED) is 0.717. The summed E-state index contributed by atoms with van der Waals surface area (Å²) in [6, 6.07) is 9.81. The largest absolute Gasteiger partial charge is 0.449 e. The Kier molecular flexibility index (Phi) is 6.84. The molecule has 0 aromatic heterocycles. The number of ether oxygens (including phenoxy) is 2. The average molecular weight is 436 g/mol. The molecule has 1 amide bonds. The molecule has 1 N–H and O–H groups in total. The van der Waals surface area contributed by atoms with Gasteiger partial charge in [-0.25, -0.2) is 4.79 Å². The van der Waals surface area contributed by atoms with E-state index in [0.717, 1.165) is 17.7 Å². The predicted molar refractivity (Wildman–Crippen MR) is 109 cm³/mol. The van der Waals surface area contributed by atoms with Crippen LogP contribution in [0.15, 0.2) is 42.5 Å². The lowest BCUT2D eigenvalue weighted by Crippen LogP contribution is -2.37. The van der Waals surface area contributed by atoms with E-state index < -0.39 is 29.7 Å². The van der Waals surface area contributed by atoms with Crippen molar-refractivity contribution in [2.24, 2.45) is 0 Å². The lowest BCUT2D eigenvalue weighted by Gasteiger charge is -2.31. The number of carbonyl (C=O) groups is 2. The molecule has 1 aliphatic heterocycles. The second-order valence-corrected chi connectivity index (χ2v) is 7.23. The Morgan fingerprint density at radius 1 is 1.10 bits per heavy atom. The molecule has 1 unspecified atom stereocenters. The van der Waals surface area contributed by atoms with E-state index in [1.165, 1.54) is 13.0 Å². The van der Waals surface area contributed by atoms with Crippen molar-refractivity contribution in [3.8, 4) is 0 Å². The van der Waals surface area contributed by atoms with Crippen molar-refractivity contribution in [1.82, 2.24) is 0 Å². The maximum Gasteiger partial charge on any atom is 0.416 e. The normalized spacial score (nSPS) is 15.3. The molecule has 1 saturated heterocycles. The van der Waals surface area contributed by atoms with Gasteiger partial charge in [0.2, 0.25) is 0 Å². The first kappa shape index (κ1) is 22.6. The van der Waals surface area contributed by atoms with Gasteiger partial charge in [0.1, 0.15) is 0 Å². The second kappa shape index (κ2) is 9.38. The molecule has 2 aromatic carbocycles. The van der Waals surface area contributed by atoms with Gasteiger partial charge in [0, 0.05) is 13.1 Å². The summed E-state index contributed by atoms with van der Waals surface area (Å²) in [5, 5.41) is 2.49. The summed E-state index contributed by atoms with van der Waals surface area (Å²) < 4.78 is 50.1. The fourth-order valence-corrected chi connectivity index (χ4v) is 3.10. The minimum atomic E-state index is -4.56. The highest BCUT2D eigenvalue weighted by molar-refractivity contribution is 5.99. The summed E-state index contributed by atoms with van der Waals surface area (Å²) >= 11 is 0. The Hall–Kier alpha value is -3.07. The van der Waals surface area contributed by atoms with Gasteiger partial charge in [-0.05, 0) is 44.2 Å². The van der Waals surface area contributed by atoms with Crippen molar-refractivity contribution in [3.05, 3.63) is 59.2 Å². The number of anilines is 2. The van der Waals surface area contributed by atoms with Gasteiger partial charge in [-0.2, -0.15) is 13.2 Å². The van der Waals surface area contributed by atoms with Crippen LogP contribution >= 0.6 is 0 Å². The van der Waals surface area contributed by atoms with Crippen molar-refractivity contribution in [3.63, 3.8) is 0 Å². The number of nitrogens with zero attached hydrogens (tertiary/aromatic N) is 1. The number of rotatable bonds is 5. The number of benzene rings is 2. The number of carbonyl (C=O) groups excluding carboxylic acids is 2. The Morgan fingerprint density at radius 3 is 2.35 bits per heavy atom. The number of esters is 1. The maximum absolute atomic E-state index is 13.2. The van der Waals surface area contributed by atoms with Crippen LogP contribution in [0, 0.1) is 6.92 Å². The molecule has 1 fully saturated rings. The highest BCUT2D eigenvalue weighted by Gasteiger charge is 2.32. The molecule has 1 aliphatic rings. The molecular formula is C22H23F3N2O4. The number of halogens is 3. The molecule has 0 spiro atoms. The Bertz CT molecular complexity index is 939. The van der Waals surface area contributed by atoms with Crippen LogP contribution in [0.5, 0.6) is 0 Å². The van der Waals surface area contributed by atoms with Gasteiger partial charge < -0.3 is 19.7 Å². The van der Waals surface area contributed by atoms with Crippen LogP contribution in [-0.4, -0.2) is 44.3 Å². The first-order chi connectivity index (χ1) is 14.6. The molecular weight excluding hydrogens is 413 g/mol. The molecule has 2 aromatic rings. The summed E-state index contributed by atoms with van der Waals surface area (Å²) in [7, 11) is 0. The number of morpholine rings is 1. The Labute approximate surface area is 177 Å². The SMILES string of the molecule is Cc1ccc(C(=O)OC(C)C(=O)Nc2cc(C(F)(F)F)ccc2N2CCOCC2)cc1. The summed E-state index contributed by atoms with van der Waals surface area (Å²) in [5.74, 6) is -1.42. The van der Waals surface area contributed by atoms with Crippen LogP contribution in [0.4, 0.5) is 24.5 Å². The highest BCUT2D eigenvalue weighted by Crippen LogP contribution is 2.36. The fourth-order valence-electron chi connectivity index (χ4n) is 3.10. The van der Waals surface area contributed by atoms with Crippen molar-refractivity contribution in [1.29, 1.82) is 0 Å². The van der Waals surface area contributed by atoms with Crippen LogP contribution in [-0.2, 0) is 20.4 Å². The van der Waals surface area contributed by atoms with Gasteiger partial charge in [-0.15, -0.1) is 0 Å². The molecule has 3 rings (SSSR count). The summed E-state index contributed by atoms with van der Waals surface area (Å²) in [6.45, 7) is 5.05. The van der Waals surface area contributed by atoms with E-state index in [4.69, 9.17) is 9.47 Å². The van der Waals surface area contributed by atoms with Gasteiger partial charge in [0.05, 0.1) is 35.7 Å². The molecule has 0 aliphatic carbocycles. The zero-order valence-electron chi connectivity index (χ0n) is 17.2. The first-order valence-corrected chi connectivity index (χ1v) is 9.77. The zero-order chi connectivity index (χ0) is 22.6. The molecule has 1 atom stereocenters. The number of alkyl halides is 3. The van der Waals surface area contributed by atoms with E-state index in [0.29, 0.717) is 32.0 Å². The zero-order valence-corrected chi connectivity index (χ0v) is 17.2. The van der Waals surface area contributed by atoms with Crippen molar-refractivity contribution in [2.75, 3.05) is 36.5 Å². The molecule has 9 heteroatoms. The van der Waals surface area contributed by atoms with Crippen molar-refractivity contribution >= 4 is 23.3 Å². The van der Waals surface area contributed by atoms with Gasteiger partial charge in [-0.3, -0.25) is 4.79 Å². The third-order valence-corrected chi connectivity index (χ3v) is 4.87. The number of hydrogen-bond acceptors (Lipinski definition) is 5. The van der Waals surface area contributed by atoms with E-state index in [1.807, 2.05) is 11.8 Å². The molecule has 166 valence electrons. The average Bonchev–Trinajstić information content (AvgIpc) is 2.74. The topological polar surface area (TPSA) is 67.9 Å². The third-order valence-electron chi connectivity index (χ3n) is 4.87. The lowest BCUT2D eigenvalue weighted by atomic mass is 10.1. The van der Waals surface area contributed by atoms with Gasteiger partial charge in [-0.1, -0.05) is 17.7 Å². The molecule has 0 saturated carbocycles. The summed E-state index contributed by atoms with van der Waals surface area (Å²) in [5.41, 5.74) is 0.798. The van der Waals surface area contributed by atoms with Gasteiger partial charge in [0.15, 0.2) is 6.10 Å². The predicted octanol–water partition coefficient (Wildman–Crippen LogP) is 4.03. The van der Waals surface area contributed by atoms with Crippen LogP contribution in [0.1, 0.15) is 28.4 Å². The van der Waals surface area contributed by atoms with E-state index in [1.54, 1.807) is 24.3 Å². The standard InChI is InChI=1S/C22H23F3N2O4/c1-14-3-5-16(6-4-14)21(29)31-15(2)20(28)26-18-13-17(22(23,24)25)7-8-19(18)27-9-11-30-12-10-27/h3-8,13,15H,9-12H2,1-2H3,(H,26,28). The number of aryl methyl sites for hydroxylation is 1. The first-order valence-electron chi connectivity index (χ1n) is 9.77. The van der Waals surface area contributed by atoms with E-state index >= 15 is 0 Å². The molecule has 31 heavy (non-hydrogen) atoms. The number of nitrogens with one attached hydrogen (secondary N) is 1. The van der Waals surface area contributed by atoms with Crippen molar-refractivity contribution < 1.29 is 32.2 Å². The highest BCUT2D eigenvalue weighted by atomic mass is 19.4. The van der Waals surface area contributed by atoms with Crippen LogP contribution in [0.2, 0.25) is 0 Å². The van der Waals surface area contributed by atoms with E-state index in [2.05, 4.69) is 5.32 Å². The second-order valence-electron chi connectivity index (χ2n) is 7.23. The third kappa shape index (κ3) is 5.75. The fraction of sp³-hybridized carbons (Fsp3) is 0.364. The Balaban J connectivity index is 1.77. The number of amides is 1. The molecule has 1 heterocycles. The number of hydrogen-bond donors (Lipinski definition) is 1. The maximum atomic E-state index is 13.2. The van der Waals surface area contributed by atoms with E-state index in [-0.39, 0.29) is 11.3 Å². The van der Waals surface area contributed by atoms with Crippen LogP contribution < -0.4 is 10.2 Å². The lowest BCUT2D eigenvalue weighted by molar-refractivity contribution is -0.137. The van der Waals surface area contributed by atoms with Crippen LogP contribution in [0.3, 0.4) is 0 Å². The monoisotopic (exact) mass is 436 g/mol. The smallest absolute Gasteiger partial charge is 0.416 e. The van der Waals surface area contributed by atoms with Gasteiger partial charge in [0.25, 0.3) is 5.91 Å². The minimum absolute atomic E-state index is 0.0000371. The molecule has 0 bridgehead atoms. The molecule has 6 nitrogen and oxygen atoms in total. The van der Waals surface area contributed by atoms with Crippen molar-refractivity contribution in [2.45, 2.75) is 26.1 Å². The van der Waals surface area contributed by atoms with Crippen LogP contribution in [0.25, 0.3) is 0 Å². The minimum Gasteiger partial charge on any atom is -0.449 e. The summed E-state index contributed by atoms with van der Waals surface area (Å²) in [6.07, 6.45) is -5.77. The Morgan fingerprint density at radius 2 is 1.74 bits per heavy atom. The summed E-state index contributed by atoms with van der Waals surface area (Å²) in [4.78, 5) is 26.7. The molecule has 0 radical (unpaired) electrons.